The van der Waals surface area contributed by atoms with Gasteiger partial charge in [-0.15, -0.1) is 11.3 Å². The van der Waals surface area contributed by atoms with Crippen LogP contribution < -0.4 is 5.32 Å². The molecule has 1 fully saturated rings. The summed E-state index contributed by atoms with van der Waals surface area (Å²) >= 11 is 6.30. The van der Waals surface area contributed by atoms with Crippen molar-refractivity contribution in [1.82, 2.24) is 24.4 Å². The average molecular weight is 416 g/mol. The highest BCUT2D eigenvalue weighted by Gasteiger charge is 2.34. The van der Waals surface area contributed by atoms with Crippen molar-refractivity contribution in [2.75, 3.05) is 13.1 Å². The van der Waals surface area contributed by atoms with Gasteiger partial charge < -0.3 is 9.88 Å². The molecular formula is C15H21N5O3S3. The summed E-state index contributed by atoms with van der Waals surface area (Å²) in [6.45, 7) is 2.76. The number of piperidine rings is 1. The molecule has 0 saturated carbocycles. The fourth-order valence-electron chi connectivity index (χ4n) is 2.90. The van der Waals surface area contributed by atoms with Gasteiger partial charge in [0.25, 0.3) is 10.0 Å². The van der Waals surface area contributed by atoms with Crippen LogP contribution in [-0.2, 0) is 28.4 Å². The molecule has 0 aliphatic carbocycles. The second kappa shape index (κ2) is 7.59. The van der Waals surface area contributed by atoms with E-state index in [2.05, 4.69) is 15.5 Å². The first-order valence-electron chi connectivity index (χ1n) is 8.23. The molecular weight excluding hydrogens is 394 g/mol. The number of nitrogens with zero attached hydrogens (tertiary/aromatic N) is 3. The lowest BCUT2D eigenvalue weighted by Gasteiger charge is -2.30. The van der Waals surface area contributed by atoms with Gasteiger partial charge in [0.15, 0.2) is 10.6 Å². The molecule has 3 heterocycles. The molecule has 0 aromatic carbocycles. The molecule has 11 heteroatoms. The number of H-pyrrole nitrogens is 1. The molecule has 0 bridgehead atoms. The van der Waals surface area contributed by atoms with Crippen LogP contribution in [0, 0.1) is 17.6 Å². The van der Waals surface area contributed by atoms with Crippen LogP contribution in [-0.4, -0.2) is 46.5 Å². The summed E-state index contributed by atoms with van der Waals surface area (Å²) in [5.74, 6) is 0.0886. The van der Waals surface area contributed by atoms with Crippen molar-refractivity contribution < 1.29 is 13.2 Å². The molecule has 1 aliphatic heterocycles. The maximum Gasteiger partial charge on any atom is 0.252 e. The zero-order chi connectivity index (χ0) is 18.9. The van der Waals surface area contributed by atoms with Gasteiger partial charge in [0.2, 0.25) is 5.91 Å². The van der Waals surface area contributed by atoms with E-state index >= 15 is 0 Å². The minimum atomic E-state index is -3.54. The Hall–Kier alpha value is -1.56. The summed E-state index contributed by atoms with van der Waals surface area (Å²) < 4.78 is 29.5. The van der Waals surface area contributed by atoms with Crippen molar-refractivity contribution in [3.8, 4) is 0 Å². The van der Waals surface area contributed by atoms with Crippen molar-refractivity contribution >= 4 is 39.5 Å². The van der Waals surface area contributed by atoms with Gasteiger partial charge >= 0.3 is 0 Å². The van der Waals surface area contributed by atoms with E-state index in [1.54, 1.807) is 23.7 Å². The van der Waals surface area contributed by atoms with Crippen molar-refractivity contribution in [2.24, 2.45) is 13.0 Å². The lowest BCUT2D eigenvalue weighted by atomic mass is 9.99. The highest BCUT2D eigenvalue weighted by atomic mass is 32.2. The molecule has 26 heavy (non-hydrogen) atoms. The predicted molar refractivity (Wildman–Crippen MR) is 101 cm³/mol. The van der Waals surface area contributed by atoms with Gasteiger partial charge in [-0.2, -0.15) is 9.40 Å². The van der Waals surface area contributed by atoms with Crippen molar-refractivity contribution in [1.29, 1.82) is 0 Å². The smallest absolute Gasteiger partial charge is 0.252 e. The number of sulfonamides is 1. The number of aromatic amines is 1. The first kappa shape index (κ1) is 19.2. The zero-order valence-corrected chi connectivity index (χ0v) is 17.0. The highest BCUT2D eigenvalue weighted by Crippen LogP contribution is 2.28. The minimum absolute atomic E-state index is 0.166. The Morgan fingerprint density at radius 1 is 1.50 bits per heavy atom. The summed E-state index contributed by atoms with van der Waals surface area (Å²) in [6, 6.07) is 3.42. The molecule has 2 aromatic rings. The van der Waals surface area contributed by atoms with E-state index in [-0.39, 0.29) is 24.9 Å². The number of carbonyl (C=O) groups is 1. The van der Waals surface area contributed by atoms with E-state index in [0.717, 1.165) is 4.88 Å². The van der Waals surface area contributed by atoms with Crippen molar-refractivity contribution in [3.05, 3.63) is 27.6 Å². The summed E-state index contributed by atoms with van der Waals surface area (Å²) in [6.07, 6.45) is 1.33. The summed E-state index contributed by atoms with van der Waals surface area (Å²) in [4.78, 5) is 13.4. The second-order valence-electron chi connectivity index (χ2n) is 6.29. The molecule has 3 rings (SSSR count). The van der Waals surface area contributed by atoms with Gasteiger partial charge in [0.05, 0.1) is 12.5 Å². The third-order valence-corrected chi connectivity index (χ3v) is 8.16. The van der Waals surface area contributed by atoms with Crippen LogP contribution >= 0.6 is 23.6 Å². The number of rotatable bonds is 5. The zero-order valence-electron chi connectivity index (χ0n) is 14.6. The number of nitrogens with one attached hydrogen (secondary N) is 2. The molecule has 8 nitrogen and oxygen atoms in total. The van der Waals surface area contributed by atoms with Crippen LogP contribution in [0.1, 0.15) is 23.5 Å². The monoisotopic (exact) mass is 415 g/mol. The quantitative estimate of drug-likeness (QED) is 0.722. The minimum Gasteiger partial charge on any atom is -0.349 e. The SMILES string of the molecule is Cc1ccc(S(=O)(=O)N2CCCC(C(=O)NCc3n[nH]c(=S)n3C)C2)s1. The lowest BCUT2D eigenvalue weighted by Crippen LogP contribution is -2.45. The van der Waals surface area contributed by atoms with Gasteiger partial charge in [-0.25, -0.2) is 8.42 Å². The molecule has 142 valence electrons. The van der Waals surface area contributed by atoms with Crippen LogP contribution in [0.3, 0.4) is 0 Å². The largest absolute Gasteiger partial charge is 0.349 e. The van der Waals surface area contributed by atoms with Crippen molar-refractivity contribution in [2.45, 2.75) is 30.5 Å². The van der Waals surface area contributed by atoms with Gasteiger partial charge in [-0.1, -0.05) is 0 Å². The average Bonchev–Trinajstić information content (AvgIpc) is 3.20. The first-order valence-corrected chi connectivity index (χ1v) is 10.9. The van der Waals surface area contributed by atoms with Crippen LogP contribution in [0.25, 0.3) is 0 Å². The predicted octanol–water partition coefficient (Wildman–Crippen LogP) is 1.56. The Kier molecular flexibility index (Phi) is 5.61. The molecule has 0 spiro atoms. The molecule has 1 aliphatic rings. The molecule has 0 radical (unpaired) electrons. The Bertz CT molecular complexity index is 959. The standard InChI is InChI=1S/C15H21N5O3S3/c1-10-5-6-13(25-10)26(22,23)20-7-3-4-11(9-20)14(21)16-8-12-17-18-15(24)19(12)2/h5-6,11H,3-4,7-9H2,1-2H3,(H,16,21)(H,18,24). The van der Waals surface area contributed by atoms with Crippen molar-refractivity contribution in [3.63, 3.8) is 0 Å². The number of carbonyl (C=O) groups excluding carboxylic acids is 1. The lowest BCUT2D eigenvalue weighted by molar-refractivity contribution is -0.126. The topological polar surface area (TPSA) is 100 Å². The Morgan fingerprint density at radius 2 is 2.27 bits per heavy atom. The van der Waals surface area contributed by atoms with E-state index in [0.29, 0.717) is 34.2 Å². The third kappa shape index (κ3) is 3.90. The van der Waals surface area contributed by atoms with E-state index in [4.69, 9.17) is 12.2 Å². The normalized spacial score (nSPS) is 18.8. The second-order valence-corrected chi connectivity index (χ2v) is 10.1. The van der Waals surface area contributed by atoms with Crippen LogP contribution in [0.4, 0.5) is 0 Å². The van der Waals surface area contributed by atoms with E-state index < -0.39 is 10.0 Å². The summed E-state index contributed by atoms with van der Waals surface area (Å²) in [5.41, 5.74) is 0. The van der Waals surface area contributed by atoms with Gasteiger partial charge in [0, 0.05) is 25.0 Å². The Morgan fingerprint density at radius 3 is 2.88 bits per heavy atom. The molecule has 1 saturated heterocycles. The Labute approximate surface area is 161 Å². The molecule has 2 aromatic heterocycles. The highest BCUT2D eigenvalue weighted by molar-refractivity contribution is 7.91. The van der Waals surface area contributed by atoms with Crippen LogP contribution in [0.5, 0.6) is 0 Å². The maximum absolute atomic E-state index is 12.8. The van der Waals surface area contributed by atoms with Gasteiger partial charge in [0.1, 0.15) is 4.21 Å². The Balaban J connectivity index is 1.65. The summed E-state index contributed by atoms with van der Waals surface area (Å²) in [5, 5.41) is 9.55. The van der Waals surface area contributed by atoms with Gasteiger partial charge in [-0.05, 0) is 44.1 Å². The number of amides is 1. The fourth-order valence-corrected chi connectivity index (χ4v) is 6.01. The molecule has 1 atom stereocenters. The third-order valence-electron chi connectivity index (χ3n) is 4.46. The van der Waals surface area contributed by atoms with Crippen LogP contribution in [0.15, 0.2) is 16.3 Å². The number of thiophene rings is 1. The van der Waals surface area contributed by atoms with E-state index in [1.807, 2.05) is 6.92 Å². The van der Waals surface area contributed by atoms with Gasteiger partial charge in [-0.3, -0.25) is 9.89 Å². The summed E-state index contributed by atoms with van der Waals surface area (Å²) in [7, 11) is -1.77. The van der Waals surface area contributed by atoms with Crippen LogP contribution in [0.2, 0.25) is 0 Å². The molecule has 2 N–H and O–H groups in total. The number of hydrogen-bond donors (Lipinski definition) is 2. The number of hydrogen-bond acceptors (Lipinski definition) is 6. The first-order chi connectivity index (χ1) is 12.3. The number of aromatic nitrogens is 3. The molecule has 1 amide bonds. The van der Waals surface area contributed by atoms with E-state index in [9.17, 15) is 13.2 Å². The maximum atomic E-state index is 12.8. The number of aryl methyl sites for hydroxylation is 1. The molecule has 1 unspecified atom stereocenters. The fraction of sp³-hybridized carbons (Fsp3) is 0.533. The van der Waals surface area contributed by atoms with E-state index in [1.165, 1.54) is 15.6 Å².